The van der Waals surface area contributed by atoms with Crippen LogP contribution >= 0.6 is 0 Å². The molecule has 0 bridgehead atoms. The van der Waals surface area contributed by atoms with Crippen LogP contribution in [-0.2, 0) is 6.42 Å². The second-order valence-electron chi connectivity index (χ2n) is 5.14. The lowest BCUT2D eigenvalue weighted by atomic mass is 10.1. The van der Waals surface area contributed by atoms with Crippen LogP contribution in [0.1, 0.15) is 50.1 Å². The first kappa shape index (κ1) is 13.9. The largest absolute Gasteiger partial charge is 0.465 e. The van der Waals surface area contributed by atoms with Crippen LogP contribution in [0.5, 0.6) is 0 Å². The van der Waals surface area contributed by atoms with Gasteiger partial charge in [0.15, 0.2) is 0 Å². The first-order chi connectivity index (χ1) is 9.10. The number of furan rings is 1. The number of nitrogens with one attached hydrogen (secondary N) is 1. The molecule has 4 nitrogen and oxygen atoms in total. The zero-order chi connectivity index (χ0) is 13.8. The Morgan fingerprint density at radius 2 is 2.11 bits per heavy atom. The molecule has 2 aromatic rings. The molecule has 1 atom stereocenters. The third-order valence-corrected chi connectivity index (χ3v) is 3.16. The molecule has 0 aromatic carbocycles. The van der Waals surface area contributed by atoms with Crippen molar-refractivity contribution in [2.45, 2.75) is 46.2 Å². The van der Waals surface area contributed by atoms with E-state index < -0.39 is 0 Å². The van der Waals surface area contributed by atoms with Gasteiger partial charge in [-0.3, -0.25) is 4.68 Å². The van der Waals surface area contributed by atoms with Crippen molar-refractivity contribution < 1.29 is 4.42 Å². The number of nitrogens with zero attached hydrogens (tertiary/aromatic N) is 2. The molecule has 2 rings (SSSR count). The number of aromatic nitrogens is 2. The van der Waals surface area contributed by atoms with Gasteiger partial charge in [-0.1, -0.05) is 6.92 Å². The van der Waals surface area contributed by atoms with Gasteiger partial charge in [0, 0.05) is 18.7 Å². The Bertz CT molecular complexity index is 513. The van der Waals surface area contributed by atoms with Gasteiger partial charge < -0.3 is 9.73 Å². The maximum Gasteiger partial charge on any atom is 0.121 e. The predicted molar refractivity (Wildman–Crippen MR) is 76.2 cm³/mol. The Labute approximate surface area is 114 Å². The van der Waals surface area contributed by atoms with E-state index in [0.29, 0.717) is 6.04 Å². The summed E-state index contributed by atoms with van der Waals surface area (Å²) < 4.78 is 7.72. The van der Waals surface area contributed by atoms with E-state index in [1.165, 1.54) is 0 Å². The first-order valence-corrected chi connectivity index (χ1v) is 6.94. The van der Waals surface area contributed by atoms with E-state index in [1.807, 2.05) is 29.9 Å². The minimum absolute atomic E-state index is 0.189. The summed E-state index contributed by atoms with van der Waals surface area (Å²) in [5.41, 5.74) is 1.09. The molecule has 1 unspecified atom stereocenters. The van der Waals surface area contributed by atoms with Crippen LogP contribution in [0.3, 0.4) is 0 Å². The Hall–Kier alpha value is -1.55. The highest BCUT2D eigenvalue weighted by atomic mass is 16.3. The summed E-state index contributed by atoms with van der Waals surface area (Å²) >= 11 is 0. The van der Waals surface area contributed by atoms with Gasteiger partial charge in [0.1, 0.15) is 11.5 Å². The van der Waals surface area contributed by atoms with Crippen LogP contribution < -0.4 is 5.32 Å². The monoisotopic (exact) mass is 261 g/mol. The number of hydrogen-bond donors (Lipinski definition) is 1. The van der Waals surface area contributed by atoms with Crippen LogP contribution in [0.25, 0.3) is 0 Å². The van der Waals surface area contributed by atoms with Gasteiger partial charge >= 0.3 is 0 Å². The fraction of sp³-hybridized carbons (Fsp3) is 0.533. The Morgan fingerprint density at radius 1 is 1.32 bits per heavy atom. The second kappa shape index (κ2) is 6.06. The highest BCUT2D eigenvalue weighted by molar-refractivity contribution is 5.13. The maximum absolute atomic E-state index is 5.73. The molecule has 2 heterocycles. The molecule has 0 saturated heterocycles. The van der Waals surface area contributed by atoms with Gasteiger partial charge in [-0.2, -0.15) is 5.10 Å². The van der Waals surface area contributed by atoms with Crippen LogP contribution in [0.4, 0.5) is 0 Å². The number of aryl methyl sites for hydroxylation is 1. The molecular weight excluding hydrogens is 238 g/mol. The average Bonchev–Trinajstić information content (AvgIpc) is 2.97. The lowest BCUT2D eigenvalue weighted by Gasteiger charge is -2.14. The van der Waals surface area contributed by atoms with Crippen molar-refractivity contribution in [2.75, 3.05) is 6.54 Å². The van der Waals surface area contributed by atoms with Crippen molar-refractivity contribution in [3.8, 4) is 0 Å². The Kier molecular flexibility index (Phi) is 4.43. The topological polar surface area (TPSA) is 43.0 Å². The van der Waals surface area contributed by atoms with Gasteiger partial charge in [-0.05, 0) is 45.5 Å². The molecule has 19 heavy (non-hydrogen) atoms. The summed E-state index contributed by atoms with van der Waals surface area (Å²) in [6.07, 6.45) is 2.89. The fourth-order valence-corrected chi connectivity index (χ4v) is 2.14. The van der Waals surface area contributed by atoms with E-state index in [0.717, 1.165) is 30.2 Å². The summed E-state index contributed by atoms with van der Waals surface area (Å²) in [5, 5.41) is 8.06. The Morgan fingerprint density at radius 3 is 2.63 bits per heavy atom. The minimum Gasteiger partial charge on any atom is -0.465 e. The molecule has 4 heteroatoms. The number of rotatable bonds is 6. The zero-order valence-electron chi connectivity index (χ0n) is 12.2. The molecule has 104 valence electrons. The summed E-state index contributed by atoms with van der Waals surface area (Å²) in [7, 11) is 0. The summed E-state index contributed by atoms with van der Waals surface area (Å²) in [4.78, 5) is 0. The molecular formula is C15H23N3O. The summed E-state index contributed by atoms with van der Waals surface area (Å²) in [5.74, 6) is 1.93. The summed E-state index contributed by atoms with van der Waals surface area (Å²) in [6, 6.07) is 6.72. The molecule has 0 fully saturated rings. The zero-order valence-corrected chi connectivity index (χ0v) is 12.2. The molecule has 0 amide bonds. The third kappa shape index (κ3) is 3.47. The van der Waals surface area contributed by atoms with Crippen molar-refractivity contribution in [3.05, 3.63) is 41.6 Å². The molecule has 0 aliphatic carbocycles. The lowest BCUT2D eigenvalue weighted by molar-refractivity contribution is 0.399. The van der Waals surface area contributed by atoms with Gasteiger partial charge in [-0.25, -0.2) is 0 Å². The van der Waals surface area contributed by atoms with Gasteiger partial charge in [0.25, 0.3) is 0 Å². The highest BCUT2D eigenvalue weighted by Crippen LogP contribution is 2.20. The van der Waals surface area contributed by atoms with E-state index in [9.17, 15) is 0 Å². The lowest BCUT2D eigenvalue weighted by Crippen LogP contribution is -2.22. The third-order valence-electron chi connectivity index (χ3n) is 3.16. The van der Waals surface area contributed by atoms with Gasteiger partial charge in [-0.15, -0.1) is 0 Å². The fourth-order valence-electron chi connectivity index (χ4n) is 2.14. The maximum atomic E-state index is 5.73. The molecule has 0 saturated carbocycles. The normalized spacial score (nSPS) is 13.1. The smallest absolute Gasteiger partial charge is 0.121 e. The standard InChI is InChI=1S/C15H23N3O/c1-5-16-14(15-7-6-12(4)19-15)10-13-8-9-18(17-13)11(2)3/h6-9,11,14,16H,5,10H2,1-4H3. The Balaban J connectivity index is 2.11. The molecule has 1 N–H and O–H groups in total. The van der Waals surface area contributed by atoms with E-state index in [4.69, 9.17) is 4.42 Å². The van der Waals surface area contributed by atoms with Crippen molar-refractivity contribution in [3.63, 3.8) is 0 Å². The molecule has 0 radical (unpaired) electrons. The quantitative estimate of drug-likeness (QED) is 0.868. The van der Waals surface area contributed by atoms with Crippen LogP contribution in [0.15, 0.2) is 28.8 Å². The average molecular weight is 261 g/mol. The van der Waals surface area contributed by atoms with Crippen molar-refractivity contribution in [1.82, 2.24) is 15.1 Å². The second-order valence-corrected chi connectivity index (χ2v) is 5.14. The molecule has 0 aliphatic heterocycles. The van der Waals surface area contributed by atoms with E-state index in [2.05, 4.69) is 37.3 Å². The minimum atomic E-state index is 0.189. The van der Waals surface area contributed by atoms with Crippen LogP contribution in [0.2, 0.25) is 0 Å². The summed E-state index contributed by atoms with van der Waals surface area (Å²) in [6.45, 7) is 9.26. The van der Waals surface area contributed by atoms with Gasteiger partial charge in [0.2, 0.25) is 0 Å². The SMILES string of the molecule is CCNC(Cc1ccn(C(C)C)n1)c1ccc(C)o1. The molecule has 2 aromatic heterocycles. The van der Waals surface area contributed by atoms with E-state index >= 15 is 0 Å². The number of likely N-dealkylation sites (N-methyl/N-ethyl adjacent to an activating group) is 1. The van der Waals surface area contributed by atoms with Crippen molar-refractivity contribution in [1.29, 1.82) is 0 Å². The van der Waals surface area contributed by atoms with Crippen LogP contribution in [0, 0.1) is 6.92 Å². The predicted octanol–water partition coefficient (Wildman–Crippen LogP) is 3.26. The molecule has 0 spiro atoms. The highest BCUT2D eigenvalue weighted by Gasteiger charge is 2.16. The van der Waals surface area contributed by atoms with Crippen LogP contribution in [-0.4, -0.2) is 16.3 Å². The number of hydrogen-bond acceptors (Lipinski definition) is 3. The van der Waals surface area contributed by atoms with E-state index in [1.54, 1.807) is 0 Å². The van der Waals surface area contributed by atoms with Crippen molar-refractivity contribution >= 4 is 0 Å². The van der Waals surface area contributed by atoms with E-state index in [-0.39, 0.29) is 6.04 Å². The first-order valence-electron chi connectivity index (χ1n) is 6.94. The van der Waals surface area contributed by atoms with Gasteiger partial charge in [0.05, 0.1) is 11.7 Å². The molecule has 0 aliphatic rings. The van der Waals surface area contributed by atoms with Crippen molar-refractivity contribution in [2.24, 2.45) is 0 Å².